The highest BCUT2D eigenvalue weighted by molar-refractivity contribution is 5.91. The summed E-state index contributed by atoms with van der Waals surface area (Å²) in [5.74, 6) is -0.135. The Bertz CT molecular complexity index is 488. The van der Waals surface area contributed by atoms with Gasteiger partial charge in [-0.2, -0.15) is 4.73 Å². The molecule has 2 saturated heterocycles. The molecule has 2 aliphatic rings. The van der Waals surface area contributed by atoms with Gasteiger partial charge in [0.2, 0.25) is 0 Å². The first-order chi connectivity index (χ1) is 9.70. The molecule has 1 amide bonds. The van der Waals surface area contributed by atoms with Gasteiger partial charge in [0.25, 0.3) is 5.69 Å². The van der Waals surface area contributed by atoms with Crippen LogP contribution in [-0.4, -0.2) is 37.0 Å². The average molecular weight is 275 g/mol. The molecule has 0 aromatic carbocycles. The zero-order valence-electron chi connectivity index (χ0n) is 11.7. The second kappa shape index (κ2) is 5.40. The standard InChI is InChI=1S/C15H21N3O2/c19-14(13-3-1-2-10-18(13)20)17-11-6-15(7-12-17)4-8-16-9-5-15/h1-3,10,16H,4-9,11-12H2. The Morgan fingerprint density at radius 2 is 1.90 bits per heavy atom. The van der Waals surface area contributed by atoms with Gasteiger partial charge < -0.3 is 15.4 Å². The normalized spacial score (nSPS) is 21.9. The van der Waals surface area contributed by atoms with Crippen molar-refractivity contribution in [3.8, 4) is 0 Å². The summed E-state index contributed by atoms with van der Waals surface area (Å²) >= 11 is 0. The third-order valence-electron chi connectivity index (χ3n) is 4.82. The van der Waals surface area contributed by atoms with Crippen LogP contribution in [0.15, 0.2) is 24.4 Å². The van der Waals surface area contributed by atoms with Crippen LogP contribution in [0.3, 0.4) is 0 Å². The molecule has 20 heavy (non-hydrogen) atoms. The van der Waals surface area contributed by atoms with E-state index in [4.69, 9.17) is 0 Å². The lowest BCUT2D eigenvalue weighted by Crippen LogP contribution is -2.49. The van der Waals surface area contributed by atoms with E-state index in [9.17, 15) is 10.0 Å². The number of carbonyl (C=O) groups is 1. The maximum Gasteiger partial charge on any atom is 0.319 e. The number of pyridine rings is 1. The summed E-state index contributed by atoms with van der Waals surface area (Å²) in [6.07, 6.45) is 5.92. The summed E-state index contributed by atoms with van der Waals surface area (Å²) in [6.45, 7) is 3.72. The average Bonchev–Trinajstić information content (AvgIpc) is 2.49. The second-order valence-electron chi connectivity index (χ2n) is 5.95. The predicted molar refractivity (Wildman–Crippen MR) is 75.1 cm³/mol. The molecule has 0 saturated carbocycles. The zero-order valence-corrected chi connectivity index (χ0v) is 11.7. The maximum atomic E-state index is 12.4. The molecule has 1 spiro atoms. The molecule has 5 heteroatoms. The molecule has 5 nitrogen and oxygen atoms in total. The number of nitrogens with one attached hydrogen (secondary N) is 1. The van der Waals surface area contributed by atoms with Crippen molar-refractivity contribution in [2.45, 2.75) is 25.7 Å². The number of carbonyl (C=O) groups excluding carboxylic acids is 1. The lowest BCUT2D eigenvalue weighted by atomic mass is 9.71. The number of amides is 1. The Morgan fingerprint density at radius 3 is 2.55 bits per heavy atom. The molecule has 3 heterocycles. The van der Waals surface area contributed by atoms with E-state index in [0.29, 0.717) is 10.1 Å². The van der Waals surface area contributed by atoms with Gasteiger partial charge in [-0.05, 0) is 50.3 Å². The summed E-state index contributed by atoms with van der Waals surface area (Å²) in [6, 6.07) is 4.98. The van der Waals surface area contributed by atoms with Gasteiger partial charge in [0.05, 0.1) is 0 Å². The Labute approximate surface area is 119 Å². The van der Waals surface area contributed by atoms with Crippen molar-refractivity contribution in [2.24, 2.45) is 5.41 Å². The summed E-state index contributed by atoms with van der Waals surface area (Å²) in [7, 11) is 0. The van der Waals surface area contributed by atoms with E-state index in [2.05, 4.69) is 5.32 Å². The summed E-state index contributed by atoms with van der Waals surface area (Å²) in [4.78, 5) is 14.2. The van der Waals surface area contributed by atoms with Crippen molar-refractivity contribution in [1.29, 1.82) is 0 Å². The predicted octanol–water partition coefficient (Wildman–Crippen LogP) is 0.926. The van der Waals surface area contributed by atoms with E-state index >= 15 is 0 Å². The SMILES string of the molecule is O=C(c1cccc[n+]1[O-])N1CCC2(CCNCC2)CC1. The minimum Gasteiger partial charge on any atom is -0.618 e. The fraction of sp³-hybridized carbons (Fsp3) is 0.600. The number of piperidine rings is 2. The van der Waals surface area contributed by atoms with Gasteiger partial charge in [-0.1, -0.05) is 0 Å². The van der Waals surface area contributed by atoms with Crippen LogP contribution in [0.1, 0.15) is 36.2 Å². The first-order valence-corrected chi connectivity index (χ1v) is 7.38. The highest BCUT2D eigenvalue weighted by Gasteiger charge is 2.37. The van der Waals surface area contributed by atoms with Gasteiger partial charge in [-0.3, -0.25) is 4.79 Å². The van der Waals surface area contributed by atoms with E-state index in [-0.39, 0.29) is 11.6 Å². The number of nitrogens with zero attached hydrogens (tertiary/aromatic N) is 2. The highest BCUT2D eigenvalue weighted by Crippen LogP contribution is 2.39. The van der Waals surface area contributed by atoms with Gasteiger partial charge >= 0.3 is 5.91 Å². The molecule has 1 aromatic heterocycles. The van der Waals surface area contributed by atoms with E-state index in [1.807, 2.05) is 4.90 Å². The lowest BCUT2D eigenvalue weighted by Gasteiger charge is -2.44. The molecule has 3 rings (SSSR count). The molecule has 2 fully saturated rings. The number of hydrogen-bond acceptors (Lipinski definition) is 3. The van der Waals surface area contributed by atoms with Crippen LogP contribution >= 0.6 is 0 Å². The van der Waals surface area contributed by atoms with Gasteiger partial charge in [0, 0.05) is 25.2 Å². The smallest absolute Gasteiger partial charge is 0.319 e. The Balaban J connectivity index is 1.66. The molecular weight excluding hydrogens is 254 g/mol. The van der Waals surface area contributed by atoms with Crippen molar-refractivity contribution >= 4 is 5.91 Å². The molecule has 0 radical (unpaired) electrons. The number of likely N-dealkylation sites (tertiary alicyclic amines) is 1. The maximum absolute atomic E-state index is 12.4. The molecule has 0 bridgehead atoms. The molecule has 1 N–H and O–H groups in total. The minimum atomic E-state index is -0.135. The van der Waals surface area contributed by atoms with Crippen molar-refractivity contribution in [3.63, 3.8) is 0 Å². The van der Waals surface area contributed by atoms with Crippen LogP contribution < -0.4 is 10.0 Å². The molecular formula is C15H21N3O2. The fourth-order valence-electron chi connectivity index (χ4n) is 3.40. The number of aromatic nitrogens is 1. The van der Waals surface area contributed by atoms with E-state index in [1.54, 1.807) is 18.2 Å². The van der Waals surface area contributed by atoms with E-state index < -0.39 is 0 Å². The van der Waals surface area contributed by atoms with Crippen molar-refractivity contribution < 1.29 is 9.52 Å². The number of hydrogen-bond donors (Lipinski definition) is 1. The molecule has 0 aliphatic carbocycles. The fourth-order valence-corrected chi connectivity index (χ4v) is 3.40. The highest BCUT2D eigenvalue weighted by atomic mass is 16.5. The molecule has 0 unspecified atom stereocenters. The summed E-state index contributed by atoms with van der Waals surface area (Å²) in [5.41, 5.74) is 0.653. The van der Waals surface area contributed by atoms with Crippen molar-refractivity contribution in [3.05, 3.63) is 35.3 Å². The summed E-state index contributed by atoms with van der Waals surface area (Å²) in [5, 5.41) is 15.1. The van der Waals surface area contributed by atoms with E-state index in [0.717, 1.165) is 39.0 Å². The molecule has 1 aromatic rings. The van der Waals surface area contributed by atoms with Gasteiger partial charge in [-0.25, -0.2) is 0 Å². The molecule has 108 valence electrons. The quantitative estimate of drug-likeness (QED) is 0.612. The first-order valence-electron chi connectivity index (χ1n) is 7.38. The van der Waals surface area contributed by atoms with Crippen LogP contribution in [0.5, 0.6) is 0 Å². The van der Waals surface area contributed by atoms with E-state index in [1.165, 1.54) is 19.0 Å². The van der Waals surface area contributed by atoms with Crippen molar-refractivity contribution in [2.75, 3.05) is 26.2 Å². The Hall–Kier alpha value is -1.62. The Kier molecular flexibility index (Phi) is 3.61. The third-order valence-corrected chi connectivity index (χ3v) is 4.82. The van der Waals surface area contributed by atoms with Gasteiger partial charge in [-0.15, -0.1) is 0 Å². The van der Waals surface area contributed by atoms with Crippen LogP contribution in [-0.2, 0) is 0 Å². The first kappa shape index (κ1) is 13.4. The largest absolute Gasteiger partial charge is 0.618 e. The van der Waals surface area contributed by atoms with Crippen molar-refractivity contribution in [1.82, 2.24) is 10.2 Å². The minimum absolute atomic E-state index is 0.135. The molecule has 2 aliphatic heterocycles. The van der Waals surface area contributed by atoms with Crippen LogP contribution in [0.2, 0.25) is 0 Å². The van der Waals surface area contributed by atoms with Crippen LogP contribution in [0.25, 0.3) is 0 Å². The summed E-state index contributed by atoms with van der Waals surface area (Å²) < 4.78 is 0.664. The monoisotopic (exact) mass is 275 g/mol. The second-order valence-corrected chi connectivity index (χ2v) is 5.95. The lowest BCUT2D eigenvalue weighted by molar-refractivity contribution is -0.608. The number of rotatable bonds is 1. The van der Waals surface area contributed by atoms with Crippen LogP contribution in [0, 0.1) is 10.6 Å². The van der Waals surface area contributed by atoms with Gasteiger partial charge in [0.1, 0.15) is 0 Å². The van der Waals surface area contributed by atoms with Crippen LogP contribution in [0.4, 0.5) is 0 Å². The zero-order chi connectivity index (χ0) is 14.0. The third kappa shape index (κ3) is 2.50. The molecule has 0 atom stereocenters. The topological polar surface area (TPSA) is 59.3 Å². The Morgan fingerprint density at radius 1 is 1.20 bits per heavy atom. The van der Waals surface area contributed by atoms with Gasteiger partial charge in [0.15, 0.2) is 6.20 Å².